The first-order chi connectivity index (χ1) is 8.92. The highest BCUT2D eigenvalue weighted by molar-refractivity contribution is 9.10. The Morgan fingerprint density at radius 3 is 2.58 bits per heavy atom. The number of benzene rings is 1. The number of hydrogen-bond acceptors (Lipinski definition) is 3. The Morgan fingerprint density at radius 1 is 1.32 bits per heavy atom. The standard InChI is InChI=1S/C14H22BrNO2S/c1-3-16-13(8-6-10-19(2,17)18)11-12-7-4-5-9-14(12)15/h4-5,7,9,13,16H,3,6,8,10-11H2,1-2H3. The molecule has 0 amide bonds. The number of sulfone groups is 1. The van der Waals surface area contributed by atoms with Crippen molar-refractivity contribution >= 4 is 25.8 Å². The highest BCUT2D eigenvalue weighted by Crippen LogP contribution is 2.18. The van der Waals surface area contributed by atoms with Gasteiger partial charge in [0.2, 0.25) is 0 Å². The molecule has 0 aliphatic rings. The summed E-state index contributed by atoms with van der Waals surface area (Å²) in [5.74, 6) is 0.269. The van der Waals surface area contributed by atoms with Gasteiger partial charge in [-0.2, -0.15) is 0 Å². The van der Waals surface area contributed by atoms with E-state index in [1.807, 2.05) is 18.2 Å². The summed E-state index contributed by atoms with van der Waals surface area (Å²) in [7, 11) is -2.85. The van der Waals surface area contributed by atoms with E-state index in [9.17, 15) is 8.42 Å². The molecular formula is C14H22BrNO2S. The molecule has 19 heavy (non-hydrogen) atoms. The minimum absolute atomic E-state index is 0.269. The first-order valence-electron chi connectivity index (χ1n) is 6.57. The van der Waals surface area contributed by atoms with Gasteiger partial charge >= 0.3 is 0 Å². The second kappa shape index (κ2) is 8.02. The summed E-state index contributed by atoms with van der Waals surface area (Å²) in [6, 6.07) is 8.49. The smallest absolute Gasteiger partial charge is 0.147 e. The van der Waals surface area contributed by atoms with Crippen molar-refractivity contribution in [2.75, 3.05) is 18.6 Å². The molecule has 0 fully saturated rings. The zero-order valence-electron chi connectivity index (χ0n) is 11.5. The Bertz CT molecular complexity index is 488. The molecule has 0 radical (unpaired) electrons. The average molecular weight is 348 g/mol. The van der Waals surface area contributed by atoms with Gasteiger partial charge in [-0.05, 0) is 37.4 Å². The quantitative estimate of drug-likeness (QED) is 0.786. The maximum atomic E-state index is 11.2. The van der Waals surface area contributed by atoms with Crippen LogP contribution in [0.15, 0.2) is 28.7 Å². The molecule has 1 aromatic carbocycles. The van der Waals surface area contributed by atoms with Crippen LogP contribution < -0.4 is 5.32 Å². The van der Waals surface area contributed by atoms with Crippen molar-refractivity contribution in [2.24, 2.45) is 0 Å². The van der Waals surface area contributed by atoms with E-state index >= 15 is 0 Å². The number of rotatable bonds is 8. The maximum Gasteiger partial charge on any atom is 0.147 e. The topological polar surface area (TPSA) is 46.2 Å². The molecule has 108 valence electrons. The minimum Gasteiger partial charge on any atom is -0.314 e. The summed E-state index contributed by atoms with van der Waals surface area (Å²) in [5, 5.41) is 3.43. The van der Waals surface area contributed by atoms with Gasteiger partial charge in [-0.25, -0.2) is 8.42 Å². The van der Waals surface area contributed by atoms with Crippen LogP contribution >= 0.6 is 15.9 Å². The summed E-state index contributed by atoms with van der Waals surface area (Å²) in [5.41, 5.74) is 1.26. The third-order valence-electron chi connectivity index (χ3n) is 2.98. The normalized spacial score (nSPS) is 13.4. The van der Waals surface area contributed by atoms with E-state index in [1.54, 1.807) is 0 Å². The van der Waals surface area contributed by atoms with Gasteiger partial charge in [-0.3, -0.25) is 0 Å². The first kappa shape index (κ1) is 16.7. The van der Waals surface area contributed by atoms with Crippen molar-refractivity contribution in [1.29, 1.82) is 0 Å². The lowest BCUT2D eigenvalue weighted by Gasteiger charge is -2.18. The van der Waals surface area contributed by atoms with Crippen LogP contribution in [0.1, 0.15) is 25.3 Å². The molecule has 1 N–H and O–H groups in total. The lowest BCUT2D eigenvalue weighted by molar-refractivity contribution is 0.484. The van der Waals surface area contributed by atoms with E-state index in [0.717, 1.165) is 23.9 Å². The van der Waals surface area contributed by atoms with Crippen molar-refractivity contribution in [1.82, 2.24) is 5.32 Å². The van der Waals surface area contributed by atoms with Crippen molar-refractivity contribution in [2.45, 2.75) is 32.2 Å². The van der Waals surface area contributed by atoms with Gasteiger partial charge in [-0.1, -0.05) is 41.1 Å². The Balaban J connectivity index is 2.55. The van der Waals surface area contributed by atoms with Crippen LogP contribution in [0, 0.1) is 0 Å². The fourth-order valence-corrected chi connectivity index (χ4v) is 3.22. The third-order valence-corrected chi connectivity index (χ3v) is 4.79. The summed E-state index contributed by atoms with van der Waals surface area (Å²) in [6.07, 6.45) is 3.80. The number of hydrogen-bond donors (Lipinski definition) is 1. The third kappa shape index (κ3) is 7.09. The molecule has 0 saturated heterocycles. The van der Waals surface area contributed by atoms with E-state index in [1.165, 1.54) is 11.8 Å². The van der Waals surface area contributed by atoms with Gasteiger partial charge in [0, 0.05) is 22.5 Å². The summed E-state index contributed by atoms with van der Waals surface area (Å²) in [6.45, 7) is 2.97. The Kier molecular flexibility index (Phi) is 7.04. The molecule has 1 aromatic rings. The van der Waals surface area contributed by atoms with Crippen LogP contribution in [-0.4, -0.2) is 33.0 Å². The fourth-order valence-electron chi connectivity index (χ4n) is 2.09. The van der Waals surface area contributed by atoms with Crippen LogP contribution in [0.4, 0.5) is 0 Å². The van der Waals surface area contributed by atoms with Gasteiger partial charge in [0.15, 0.2) is 0 Å². The van der Waals surface area contributed by atoms with Crippen LogP contribution in [-0.2, 0) is 16.3 Å². The number of nitrogens with one attached hydrogen (secondary N) is 1. The van der Waals surface area contributed by atoms with Crippen molar-refractivity contribution in [3.05, 3.63) is 34.3 Å². The average Bonchev–Trinajstić information content (AvgIpc) is 2.30. The van der Waals surface area contributed by atoms with Gasteiger partial charge in [0.1, 0.15) is 9.84 Å². The van der Waals surface area contributed by atoms with E-state index in [2.05, 4.69) is 34.2 Å². The summed E-state index contributed by atoms with van der Waals surface area (Å²) >= 11 is 3.55. The Labute approximate surface area is 124 Å². The Morgan fingerprint density at radius 2 is 2.00 bits per heavy atom. The zero-order chi connectivity index (χ0) is 14.3. The van der Waals surface area contributed by atoms with Gasteiger partial charge in [0.25, 0.3) is 0 Å². The lowest BCUT2D eigenvalue weighted by atomic mass is 10.0. The van der Waals surface area contributed by atoms with Crippen LogP contribution in [0.3, 0.4) is 0 Å². The first-order valence-corrected chi connectivity index (χ1v) is 9.42. The molecule has 5 heteroatoms. The fraction of sp³-hybridized carbons (Fsp3) is 0.571. The second-order valence-electron chi connectivity index (χ2n) is 4.82. The molecule has 0 aliphatic carbocycles. The van der Waals surface area contributed by atoms with Crippen molar-refractivity contribution in [3.63, 3.8) is 0 Å². The molecule has 3 nitrogen and oxygen atoms in total. The minimum atomic E-state index is -2.85. The molecular weight excluding hydrogens is 326 g/mol. The van der Waals surface area contributed by atoms with Gasteiger partial charge < -0.3 is 5.32 Å². The maximum absolute atomic E-state index is 11.2. The highest BCUT2D eigenvalue weighted by atomic mass is 79.9. The molecule has 0 bridgehead atoms. The van der Waals surface area contributed by atoms with Crippen molar-refractivity contribution < 1.29 is 8.42 Å². The molecule has 0 saturated carbocycles. The summed E-state index contributed by atoms with van der Waals surface area (Å²) < 4.78 is 23.4. The molecule has 1 rings (SSSR count). The predicted molar refractivity (Wildman–Crippen MR) is 84.3 cm³/mol. The Hall–Kier alpha value is -0.390. The molecule has 0 heterocycles. The van der Waals surface area contributed by atoms with E-state index < -0.39 is 9.84 Å². The van der Waals surface area contributed by atoms with Crippen LogP contribution in [0.25, 0.3) is 0 Å². The van der Waals surface area contributed by atoms with E-state index in [4.69, 9.17) is 0 Å². The summed E-state index contributed by atoms with van der Waals surface area (Å²) in [4.78, 5) is 0. The van der Waals surface area contributed by atoms with Crippen LogP contribution in [0.5, 0.6) is 0 Å². The molecule has 1 atom stereocenters. The molecule has 0 spiro atoms. The SMILES string of the molecule is CCNC(CCCS(C)(=O)=O)Cc1ccccc1Br. The highest BCUT2D eigenvalue weighted by Gasteiger charge is 2.11. The van der Waals surface area contributed by atoms with Gasteiger partial charge in [-0.15, -0.1) is 0 Å². The van der Waals surface area contributed by atoms with E-state index in [-0.39, 0.29) is 5.75 Å². The largest absolute Gasteiger partial charge is 0.314 e. The van der Waals surface area contributed by atoms with Crippen molar-refractivity contribution in [3.8, 4) is 0 Å². The monoisotopic (exact) mass is 347 g/mol. The second-order valence-corrected chi connectivity index (χ2v) is 7.94. The molecule has 0 aromatic heterocycles. The number of likely N-dealkylation sites (N-methyl/N-ethyl adjacent to an activating group) is 1. The molecule has 1 unspecified atom stereocenters. The molecule has 0 aliphatic heterocycles. The lowest BCUT2D eigenvalue weighted by Crippen LogP contribution is -2.31. The zero-order valence-corrected chi connectivity index (χ0v) is 13.9. The van der Waals surface area contributed by atoms with Crippen LogP contribution in [0.2, 0.25) is 0 Å². The number of halogens is 1. The van der Waals surface area contributed by atoms with Gasteiger partial charge in [0.05, 0.1) is 0 Å². The van der Waals surface area contributed by atoms with E-state index in [0.29, 0.717) is 12.5 Å². The predicted octanol–water partition coefficient (Wildman–Crippen LogP) is 2.79.